The molecule has 26 heavy (non-hydrogen) atoms. The maximum atomic E-state index is 4.96. The van der Waals surface area contributed by atoms with Crippen LogP contribution in [0.25, 0.3) is 27.0 Å². The lowest BCUT2D eigenvalue weighted by Crippen LogP contribution is -2.05. The van der Waals surface area contributed by atoms with E-state index < -0.39 is 0 Å². The molecule has 0 spiro atoms. The Hall–Kier alpha value is -2.27. The minimum absolute atomic E-state index is 0.512. The van der Waals surface area contributed by atoms with Crippen LogP contribution in [0.5, 0.6) is 0 Å². The van der Waals surface area contributed by atoms with Crippen LogP contribution in [0.3, 0.4) is 0 Å². The van der Waals surface area contributed by atoms with Gasteiger partial charge in [-0.15, -0.1) is 11.3 Å². The van der Waals surface area contributed by atoms with Gasteiger partial charge in [0.1, 0.15) is 0 Å². The highest BCUT2D eigenvalue weighted by Gasteiger charge is 2.22. The fourth-order valence-electron chi connectivity index (χ4n) is 3.96. The fourth-order valence-corrected chi connectivity index (χ4v) is 4.99. The van der Waals surface area contributed by atoms with E-state index in [4.69, 9.17) is 10.1 Å². The van der Waals surface area contributed by atoms with Gasteiger partial charge in [-0.05, 0) is 51.7 Å². The summed E-state index contributed by atoms with van der Waals surface area (Å²) in [6.07, 6.45) is 6.04. The number of fused-ring (bicyclic) bond motifs is 2. The predicted octanol–water partition coefficient (Wildman–Crippen LogP) is 5.83. The van der Waals surface area contributed by atoms with Crippen molar-refractivity contribution in [2.24, 2.45) is 0 Å². The van der Waals surface area contributed by atoms with Crippen LogP contribution in [0, 0.1) is 20.8 Å². The molecule has 4 aromatic heterocycles. The van der Waals surface area contributed by atoms with E-state index in [1.54, 1.807) is 11.3 Å². The minimum Gasteiger partial charge on any atom is -0.263 e. The lowest BCUT2D eigenvalue weighted by atomic mass is 9.95. The monoisotopic (exact) mass is 364 g/mol. The van der Waals surface area contributed by atoms with Crippen molar-refractivity contribution in [3.63, 3.8) is 0 Å². The molecule has 4 aromatic rings. The van der Waals surface area contributed by atoms with Crippen LogP contribution in [-0.4, -0.2) is 19.6 Å². The Morgan fingerprint density at radius 1 is 1.15 bits per heavy atom. The third-order valence-corrected chi connectivity index (χ3v) is 6.30. The van der Waals surface area contributed by atoms with Crippen molar-refractivity contribution in [3.05, 3.63) is 46.4 Å². The number of pyridine rings is 1. The Morgan fingerprint density at radius 3 is 2.65 bits per heavy atom. The standard InChI is InChI=1S/C21H24N4S/c1-6-15(7-2)17-10-12(3)24-25-20(13(4)23-21(17)25)19-14(5)26-18-11-22-9-8-16(18)19/h8-11,15H,6-7H2,1-5H3. The summed E-state index contributed by atoms with van der Waals surface area (Å²) in [5.41, 5.74) is 6.75. The van der Waals surface area contributed by atoms with Gasteiger partial charge in [-0.2, -0.15) is 5.10 Å². The average Bonchev–Trinajstić information content (AvgIpc) is 3.11. The van der Waals surface area contributed by atoms with E-state index in [0.29, 0.717) is 5.92 Å². The quantitative estimate of drug-likeness (QED) is 0.457. The third kappa shape index (κ3) is 2.53. The molecule has 4 nitrogen and oxygen atoms in total. The van der Waals surface area contributed by atoms with E-state index in [0.717, 1.165) is 35.6 Å². The van der Waals surface area contributed by atoms with Crippen molar-refractivity contribution in [2.75, 3.05) is 0 Å². The second kappa shape index (κ2) is 6.47. The van der Waals surface area contributed by atoms with Gasteiger partial charge in [0.05, 0.1) is 21.8 Å². The van der Waals surface area contributed by atoms with Gasteiger partial charge >= 0.3 is 0 Å². The second-order valence-corrected chi connectivity index (χ2v) is 8.20. The van der Waals surface area contributed by atoms with Crippen molar-refractivity contribution in [1.29, 1.82) is 0 Å². The molecular formula is C21H24N4S. The third-order valence-electron chi connectivity index (χ3n) is 5.24. The molecule has 0 fully saturated rings. The Morgan fingerprint density at radius 2 is 1.92 bits per heavy atom. The number of thiophene rings is 1. The first kappa shape index (κ1) is 17.2. The summed E-state index contributed by atoms with van der Waals surface area (Å²) in [4.78, 5) is 10.5. The van der Waals surface area contributed by atoms with Gasteiger partial charge in [0.25, 0.3) is 0 Å². The highest BCUT2D eigenvalue weighted by Crippen LogP contribution is 2.40. The maximum absolute atomic E-state index is 4.96. The Labute approximate surface area is 157 Å². The highest BCUT2D eigenvalue weighted by molar-refractivity contribution is 7.19. The van der Waals surface area contributed by atoms with Gasteiger partial charge in [-0.1, -0.05) is 13.8 Å². The zero-order chi connectivity index (χ0) is 18.4. The lowest BCUT2D eigenvalue weighted by Gasteiger charge is -2.14. The van der Waals surface area contributed by atoms with Crippen LogP contribution < -0.4 is 0 Å². The Kier molecular flexibility index (Phi) is 4.27. The number of hydrogen-bond donors (Lipinski definition) is 0. The molecule has 0 saturated carbocycles. The van der Waals surface area contributed by atoms with Crippen LogP contribution in [0.15, 0.2) is 24.5 Å². The number of imidazole rings is 1. The number of nitrogens with zero attached hydrogens (tertiary/aromatic N) is 4. The van der Waals surface area contributed by atoms with Gasteiger partial charge in [0.2, 0.25) is 0 Å². The number of rotatable bonds is 4. The van der Waals surface area contributed by atoms with E-state index in [1.165, 1.54) is 26.1 Å². The first-order valence-electron chi connectivity index (χ1n) is 9.25. The van der Waals surface area contributed by atoms with Gasteiger partial charge in [0, 0.05) is 33.8 Å². The van der Waals surface area contributed by atoms with E-state index >= 15 is 0 Å². The number of aryl methyl sites for hydroxylation is 3. The molecule has 134 valence electrons. The van der Waals surface area contributed by atoms with Gasteiger partial charge in [0.15, 0.2) is 5.65 Å². The fraction of sp³-hybridized carbons (Fsp3) is 0.381. The van der Waals surface area contributed by atoms with Crippen LogP contribution in [0.1, 0.15) is 54.4 Å². The molecular weight excluding hydrogens is 340 g/mol. The van der Waals surface area contributed by atoms with E-state index in [1.807, 2.05) is 12.4 Å². The molecule has 4 rings (SSSR count). The van der Waals surface area contributed by atoms with Crippen molar-refractivity contribution in [2.45, 2.75) is 53.4 Å². The van der Waals surface area contributed by atoms with E-state index in [2.05, 4.69) is 56.3 Å². The predicted molar refractivity (Wildman–Crippen MR) is 109 cm³/mol. The topological polar surface area (TPSA) is 43.1 Å². The molecule has 0 radical (unpaired) electrons. The van der Waals surface area contributed by atoms with Gasteiger partial charge in [-0.3, -0.25) is 4.98 Å². The summed E-state index contributed by atoms with van der Waals surface area (Å²) in [7, 11) is 0. The molecule has 0 saturated heterocycles. The summed E-state index contributed by atoms with van der Waals surface area (Å²) in [5.74, 6) is 0.512. The zero-order valence-corrected chi connectivity index (χ0v) is 16.8. The molecule has 0 amide bonds. The second-order valence-electron chi connectivity index (χ2n) is 6.94. The van der Waals surface area contributed by atoms with Crippen molar-refractivity contribution < 1.29 is 0 Å². The smallest absolute Gasteiger partial charge is 0.157 e. The molecule has 0 aliphatic rings. The summed E-state index contributed by atoms with van der Waals surface area (Å²) < 4.78 is 3.29. The number of hydrogen-bond acceptors (Lipinski definition) is 4. The first-order valence-corrected chi connectivity index (χ1v) is 10.1. The SMILES string of the molecule is CCC(CC)c1cc(C)nn2c(-c3c(C)sc4cnccc34)c(C)nc12. The lowest BCUT2D eigenvalue weighted by molar-refractivity contribution is 0.638. The summed E-state index contributed by atoms with van der Waals surface area (Å²) in [6, 6.07) is 4.32. The summed E-state index contributed by atoms with van der Waals surface area (Å²) in [6.45, 7) is 10.9. The molecule has 0 aliphatic carbocycles. The normalized spacial score (nSPS) is 11.9. The molecule has 0 atom stereocenters. The van der Waals surface area contributed by atoms with Crippen LogP contribution in [0.4, 0.5) is 0 Å². The Balaban J connectivity index is 2.08. The van der Waals surface area contributed by atoms with Crippen molar-refractivity contribution in [3.8, 4) is 11.3 Å². The highest BCUT2D eigenvalue weighted by atomic mass is 32.1. The Bertz CT molecular complexity index is 1100. The molecule has 0 bridgehead atoms. The first-order chi connectivity index (χ1) is 12.5. The van der Waals surface area contributed by atoms with Gasteiger partial charge < -0.3 is 0 Å². The largest absolute Gasteiger partial charge is 0.263 e. The van der Waals surface area contributed by atoms with Crippen LogP contribution >= 0.6 is 11.3 Å². The molecule has 4 heterocycles. The molecule has 0 unspecified atom stereocenters. The molecule has 5 heteroatoms. The van der Waals surface area contributed by atoms with Crippen LogP contribution in [-0.2, 0) is 0 Å². The van der Waals surface area contributed by atoms with E-state index in [9.17, 15) is 0 Å². The van der Waals surface area contributed by atoms with Gasteiger partial charge in [-0.25, -0.2) is 9.50 Å². The maximum Gasteiger partial charge on any atom is 0.157 e. The zero-order valence-electron chi connectivity index (χ0n) is 16.0. The molecule has 0 aromatic carbocycles. The van der Waals surface area contributed by atoms with Crippen LogP contribution in [0.2, 0.25) is 0 Å². The number of aromatic nitrogens is 4. The van der Waals surface area contributed by atoms with Crippen molar-refractivity contribution in [1.82, 2.24) is 19.6 Å². The van der Waals surface area contributed by atoms with Crippen molar-refractivity contribution >= 4 is 27.1 Å². The molecule has 0 N–H and O–H groups in total. The van der Waals surface area contributed by atoms with E-state index in [-0.39, 0.29) is 0 Å². The summed E-state index contributed by atoms with van der Waals surface area (Å²) in [5, 5.41) is 6.09. The molecule has 0 aliphatic heterocycles. The summed E-state index contributed by atoms with van der Waals surface area (Å²) >= 11 is 1.79. The minimum atomic E-state index is 0.512. The average molecular weight is 365 g/mol.